The molecule has 0 saturated heterocycles. The van der Waals surface area contributed by atoms with E-state index in [-0.39, 0.29) is 5.82 Å². The number of fused-ring (bicyclic) bond motifs is 1. The third-order valence-electron chi connectivity index (χ3n) is 4.10. The number of hydrogen-bond donors (Lipinski definition) is 0. The Morgan fingerprint density at radius 3 is 2.36 bits per heavy atom. The number of benzene rings is 3. The second-order valence-corrected chi connectivity index (χ2v) is 5.83. The van der Waals surface area contributed by atoms with Gasteiger partial charge in [-0.2, -0.15) is 0 Å². The SMILES string of the molecule is Fc1ccc(Cn2c(COc3ccccc3)nc3ccccc32)cc1. The van der Waals surface area contributed by atoms with Crippen LogP contribution in [0.2, 0.25) is 0 Å². The largest absolute Gasteiger partial charge is 0.486 e. The molecule has 0 bridgehead atoms. The average Bonchev–Trinajstić information content (AvgIpc) is 3.00. The maximum absolute atomic E-state index is 13.2. The summed E-state index contributed by atoms with van der Waals surface area (Å²) >= 11 is 0. The van der Waals surface area contributed by atoms with Crippen molar-refractivity contribution in [1.82, 2.24) is 9.55 Å². The normalized spacial score (nSPS) is 10.9. The summed E-state index contributed by atoms with van der Waals surface area (Å²) in [6.45, 7) is 0.994. The van der Waals surface area contributed by atoms with E-state index in [2.05, 4.69) is 4.57 Å². The van der Waals surface area contributed by atoms with E-state index < -0.39 is 0 Å². The first-order valence-electron chi connectivity index (χ1n) is 8.16. The molecule has 0 aliphatic rings. The quantitative estimate of drug-likeness (QED) is 0.525. The topological polar surface area (TPSA) is 27.1 Å². The van der Waals surface area contributed by atoms with E-state index >= 15 is 0 Å². The van der Waals surface area contributed by atoms with Crippen LogP contribution >= 0.6 is 0 Å². The molecule has 4 aromatic rings. The number of para-hydroxylation sites is 3. The minimum absolute atomic E-state index is 0.230. The van der Waals surface area contributed by atoms with Gasteiger partial charge in [0.1, 0.15) is 24.0 Å². The molecule has 0 saturated carbocycles. The van der Waals surface area contributed by atoms with E-state index in [0.717, 1.165) is 28.2 Å². The first-order valence-corrected chi connectivity index (χ1v) is 8.16. The lowest BCUT2D eigenvalue weighted by Gasteiger charge is -2.11. The van der Waals surface area contributed by atoms with E-state index in [4.69, 9.17) is 9.72 Å². The van der Waals surface area contributed by atoms with Gasteiger partial charge in [0.2, 0.25) is 0 Å². The molecule has 0 aliphatic heterocycles. The zero-order chi connectivity index (χ0) is 17.1. The maximum atomic E-state index is 13.2. The molecule has 3 nitrogen and oxygen atoms in total. The van der Waals surface area contributed by atoms with Crippen molar-refractivity contribution in [2.45, 2.75) is 13.2 Å². The van der Waals surface area contributed by atoms with Crippen LogP contribution in [0.15, 0.2) is 78.9 Å². The molecule has 0 unspecified atom stereocenters. The molecule has 0 radical (unpaired) electrons. The van der Waals surface area contributed by atoms with Crippen LogP contribution in [-0.2, 0) is 13.2 Å². The zero-order valence-corrected chi connectivity index (χ0v) is 13.6. The van der Waals surface area contributed by atoms with Gasteiger partial charge in [0.05, 0.1) is 11.0 Å². The highest BCUT2D eigenvalue weighted by Gasteiger charge is 2.11. The minimum atomic E-state index is -0.230. The summed E-state index contributed by atoms with van der Waals surface area (Å²) in [5.41, 5.74) is 2.99. The van der Waals surface area contributed by atoms with E-state index in [0.29, 0.717) is 13.2 Å². The number of ether oxygens (including phenoxy) is 1. The van der Waals surface area contributed by atoms with Crippen molar-refractivity contribution in [3.05, 3.63) is 96.1 Å². The van der Waals surface area contributed by atoms with Crippen LogP contribution in [0.5, 0.6) is 5.75 Å². The highest BCUT2D eigenvalue weighted by Crippen LogP contribution is 2.20. The number of hydrogen-bond acceptors (Lipinski definition) is 2. The monoisotopic (exact) mass is 332 g/mol. The van der Waals surface area contributed by atoms with Crippen molar-refractivity contribution in [3.8, 4) is 5.75 Å². The average molecular weight is 332 g/mol. The predicted octanol–water partition coefficient (Wildman–Crippen LogP) is 4.80. The van der Waals surface area contributed by atoms with Gasteiger partial charge in [-0.1, -0.05) is 42.5 Å². The highest BCUT2D eigenvalue weighted by atomic mass is 19.1. The second-order valence-electron chi connectivity index (χ2n) is 5.83. The molecule has 0 atom stereocenters. The van der Waals surface area contributed by atoms with Gasteiger partial charge in [-0.15, -0.1) is 0 Å². The molecule has 0 spiro atoms. The third kappa shape index (κ3) is 3.38. The molecular formula is C21H17FN2O. The summed E-state index contributed by atoms with van der Waals surface area (Å²) in [6.07, 6.45) is 0. The van der Waals surface area contributed by atoms with Gasteiger partial charge >= 0.3 is 0 Å². The summed E-state index contributed by atoms with van der Waals surface area (Å²) < 4.78 is 21.2. The molecule has 0 fully saturated rings. The molecule has 1 aromatic heterocycles. The molecule has 0 N–H and O–H groups in total. The van der Waals surface area contributed by atoms with Gasteiger partial charge in [0, 0.05) is 6.54 Å². The summed E-state index contributed by atoms with van der Waals surface area (Å²) in [7, 11) is 0. The number of nitrogens with zero attached hydrogens (tertiary/aromatic N) is 2. The first kappa shape index (κ1) is 15.4. The molecule has 25 heavy (non-hydrogen) atoms. The smallest absolute Gasteiger partial charge is 0.148 e. The van der Waals surface area contributed by atoms with Crippen LogP contribution in [0.1, 0.15) is 11.4 Å². The third-order valence-corrected chi connectivity index (χ3v) is 4.10. The lowest BCUT2D eigenvalue weighted by Crippen LogP contribution is -2.08. The fourth-order valence-electron chi connectivity index (χ4n) is 2.85. The summed E-state index contributed by atoms with van der Waals surface area (Å²) in [4.78, 5) is 4.71. The van der Waals surface area contributed by atoms with Crippen LogP contribution in [-0.4, -0.2) is 9.55 Å². The second kappa shape index (κ2) is 6.77. The Morgan fingerprint density at radius 2 is 1.56 bits per heavy atom. The minimum Gasteiger partial charge on any atom is -0.486 e. The van der Waals surface area contributed by atoms with Crippen LogP contribution in [0.25, 0.3) is 11.0 Å². The Kier molecular flexibility index (Phi) is 4.17. The number of aromatic nitrogens is 2. The van der Waals surface area contributed by atoms with Gasteiger partial charge in [-0.3, -0.25) is 0 Å². The van der Waals surface area contributed by atoms with Gasteiger partial charge < -0.3 is 9.30 Å². The Balaban J connectivity index is 1.66. The Hall–Kier alpha value is -3.14. The van der Waals surface area contributed by atoms with Crippen molar-refractivity contribution in [2.75, 3.05) is 0 Å². The van der Waals surface area contributed by atoms with Crippen LogP contribution < -0.4 is 4.74 Å². The molecule has 124 valence electrons. The molecule has 0 aliphatic carbocycles. The molecule has 4 rings (SSSR count). The molecule has 3 aromatic carbocycles. The van der Waals surface area contributed by atoms with Crippen molar-refractivity contribution >= 4 is 11.0 Å². The Labute approximate surface area is 145 Å². The number of rotatable bonds is 5. The lowest BCUT2D eigenvalue weighted by atomic mass is 10.2. The number of imidazole rings is 1. The van der Waals surface area contributed by atoms with Crippen LogP contribution in [0.4, 0.5) is 4.39 Å². The van der Waals surface area contributed by atoms with Gasteiger partial charge in [0.25, 0.3) is 0 Å². The molecule has 0 amide bonds. The van der Waals surface area contributed by atoms with Crippen molar-refractivity contribution < 1.29 is 9.13 Å². The predicted molar refractivity (Wildman–Crippen MR) is 96.0 cm³/mol. The summed E-state index contributed by atoms with van der Waals surface area (Å²) in [5, 5.41) is 0. The van der Waals surface area contributed by atoms with Gasteiger partial charge in [0.15, 0.2) is 0 Å². The van der Waals surface area contributed by atoms with E-state index in [9.17, 15) is 4.39 Å². The number of halogens is 1. The van der Waals surface area contributed by atoms with E-state index in [1.165, 1.54) is 12.1 Å². The maximum Gasteiger partial charge on any atom is 0.148 e. The molecule has 1 heterocycles. The van der Waals surface area contributed by atoms with E-state index in [1.807, 2.05) is 54.6 Å². The van der Waals surface area contributed by atoms with E-state index in [1.54, 1.807) is 12.1 Å². The lowest BCUT2D eigenvalue weighted by molar-refractivity contribution is 0.291. The van der Waals surface area contributed by atoms with Crippen LogP contribution in [0.3, 0.4) is 0 Å². The van der Waals surface area contributed by atoms with Crippen molar-refractivity contribution in [2.24, 2.45) is 0 Å². The first-order chi connectivity index (χ1) is 12.3. The Bertz CT molecular complexity index is 978. The van der Waals surface area contributed by atoms with Gasteiger partial charge in [-0.25, -0.2) is 9.37 Å². The summed E-state index contributed by atoms with van der Waals surface area (Å²) in [5.74, 6) is 1.42. The van der Waals surface area contributed by atoms with Crippen molar-refractivity contribution in [3.63, 3.8) is 0 Å². The molecular weight excluding hydrogens is 315 g/mol. The standard InChI is InChI=1S/C21H17FN2O/c22-17-12-10-16(11-13-17)14-24-20-9-5-4-8-19(20)23-21(24)15-25-18-6-2-1-3-7-18/h1-13H,14-15H2. The molecule has 4 heteroatoms. The summed E-state index contributed by atoms with van der Waals surface area (Å²) in [6, 6.07) is 24.2. The fraction of sp³-hybridized carbons (Fsp3) is 0.0952. The van der Waals surface area contributed by atoms with Crippen molar-refractivity contribution in [1.29, 1.82) is 0 Å². The fourth-order valence-corrected chi connectivity index (χ4v) is 2.85. The zero-order valence-electron chi connectivity index (χ0n) is 13.6. The Morgan fingerprint density at radius 1 is 0.840 bits per heavy atom. The van der Waals surface area contributed by atoms with Crippen LogP contribution in [0, 0.1) is 5.82 Å². The van der Waals surface area contributed by atoms with Gasteiger partial charge in [-0.05, 0) is 42.0 Å². The highest BCUT2D eigenvalue weighted by molar-refractivity contribution is 5.76.